The van der Waals surface area contributed by atoms with Gasteiger partial charge in [0.2, 0.25) is 0 Å². The van der Waals surface area contributed by atoms with E-state index in [-0.39, 0.29) is 5.91 Å². The van der Waals surface area contributed by atoms with Crippen molar-refractivity contribution in [3.05, 3.63) is 52.8 Å². The zero-order valence-electron chi connectivity index (χ0n) is 14.4. The topological polar surface area (TPSA) is 86.3 Å². The molecule has 0 atom stereocenters. The van der Waals surface area contributed by atoms with Crippen LogP contribution < -0.4 is 0 Å². The number of carboxylic acid groups (broad SMARTS) is 1. The Morgan fingerprint density at radius 1 is 1.28 bits per heavy atom. The quantitative estimate of drug-likeness (QED) is 0.875. The van der Waals surface area contributed by atoms with Crippen LogP contribution in [-0.4, -0.2) is 45.2 Å². The number of benzene rings is 1. The van der Waals surface area contributed by atoms with Crippen LogP contribution in [0.5, 0.6) is 0 Å². The lowest BCUT2D eigenvalue weighted by molar-refractivity contribution is 0.0684. The highest BCUT2D eigenvalue weighted by atomic mass is 16.4. The first-order chi connectivity index (χ1) is 12.1. The minimum atomic E-state index is -0.881. The number of hydrogen-bond acceptors (Lipinski definition) is 3. The fourth-order valence-corrected chi connectivity index (χ4v) is 3.37. The standard InChI is InChI=1S/C19H23N3O3/c1-2-15-12-17(21-20-15)18(23)22-9-7-13(8-10-22)11-14-5-3-4-6-16(14)19(24)25/h3-6,12-13H,2,7-11H2,1H3,(H,20,21)(H,24,25). The van der Waals surface area contributed by atoms with Crippen LogP contribution in [0, 0.1) is 5.92 Å². The number of amides is 1. The van der Waals surface area contributed by atoms with Gasteiger partial charge in [0.1, 0.15) is 5.69 Å². The Balaban J connectivity index is 1.59. The van der Waals surface area contributed by atoms with Gasteiger partial charge in [-0.05, 0) is 49.3 Å². The maximum Gasteiger partial charge on any atom is 0.335 e. The third kappa shape index (κ3) is 3.90. The van der Waals surface area contributed by atoms with Crippen LogP contribution in [0.15, 0.2) is 30.3 Å². The molecule has 1 amide bonds. The summed E-state index contributed by atoms with van der Waals surface area (Å²) in [7, 11) is 0. The number of nitrogens with one attached hydrogen (secondary N) is 1. The van der Waals surface area contributed by atoms with E-state index in [0.29, 0.717) is 30.3 Å². The van der Waals surface area contributed by atoms with Crippen molar-refractivity contribution >= 4 is 11.9 Å². The molecule has 2 aromatic rings. The van der Waals surface area contributed by atoms with Gasteiger partial charge in [0, 0.05) is 18.8 Å². The molecule has 0 aliphatic carbocycles. The second-order valence-corrected chi connectivity index (χ2v) is 6.53. The van der Waals surface area contributed by atoms with Gasteiger partial charge in [-0.15, -0.1) is 0 Å². The van der Waals surface area contributed by atoms with Crippen molar-refractivity contribution in [3.63, 3.8) is 0 Å². The molecule has 0 radical (unpaired) electrons. The van der Waals surface area contributed by atoms with E-state index in [2.05, 4.69) is 10.2 Å². The zero-order chi connectivity index (χ0) is 17.8. The van der Waals surface area contributed by atoms with E-state index in [1.165, 1.54) is 0 Å². The lowest BCUT2D eigenvalue weighted by Gasteiger charge is -2.31. The lowest BCUT2D eigenvalue weighted by atomic mass is 9.88. The Bertz CT molecular complexity index is 761. The summed E-state index contributed by atoms with van der Waals surface area (Å²) in [6.07, 6.45) is 3.33. The number of nitrogens with zero attached hydrogens (tertiary/aromatic N) is 2. The van der Waals surface area contributed by atoms with Crippen molar-refractivity contribution in [2.24, 2.45) is 5.92 Å². The van der Waals surface area contributed by atoms with E-state index in [0.717, 1.165) is 36.9 Å². The first kappa shape index (κ1) is 17.2. The van der Waals surface area contributed by atoms with Gasteiger partial charge >= 0.3 is 5.97 Å². The number of hydrogen-bond donors (Lipinski definition) is 2. The highest BCUT2D eigenvalue weighted by Gasteiger charge is 2.26. The van der Waals surface area contributed by atoms with Gasteiger partial charge in [-0.25, -0.2) is 4.79 Å². The summed E-state index contributed by atoms with van der Waals surface area (Å²) in [5, 5.41) is 16.3. The monoisotopic (exact) mass is 341 g/mol. The molecule has 0 saturated carbocycles. The van der Waals surface area contributed by atoms with Crippen LogP contribution in [0.1, 0.15) is 51.9 Å². The minimum absolute atomic E-state index is 0.0275. The Morgan fingerprint density at radius 2 is 2.00 bits per heavy atom. The molecule has 132 valence electrons. The van der Waals surface area contributed by atoms with E-state index in [4.69, 9.17) is 0 Å². The van der Waals surface area contributed by atoms with Crippen molar-refractivity contribution in [1.29, 1.82) is 0 Å². The van der Waals surface area contributed by atoms with Crippen LogP contribution >= 0.6 is 0 Å². The molecule has 1 aliphatic heterocycles. The fraction of sp³-hybridized carbons (Fsp3) is 0.421. The highest BCUT2D eigenvalue weighted by molar-refractivity contribution is 5.92. The molecule has 0 unspecified atom stereocenters. The average molecular weight is 341 g/mol. The lowest BCUT2D eigenvalue weighted by Crippen LogP contribution is -2.39. The van der Waals surface area contributed by atoms with Crippen LogP contribution in [-0.2, 0) is 12.8 Å². The number of H-pyrrole nitrogens is 1. The van der Waals surface area contributed by atoms with Crippen molar-refractivity contribution in [2.45, 2.75) is 32.6 Å². The normalized spacial score (nSPS) is 15.3. The molecule has 2 heterocycles. The molecule has 0 spiro atoms. The third-order valence-electron chi connectivity index (χ3n) is 4.89. The smallest absolute Gasteiger partial charge is 0.335 e. The number of carboxylic acids is 1. The molecule has 0 bridgehead atoms. The minimum Gasteiger partial charge on any atom is -0.478 e. The molecular weight excluding hydrogens is 318 g/mol. The Labute approximate surface area is 146 Å². The summed E-state index contributed by atoms with van der Waals surface area (Å²) in [5.41, 5.74) is 2.69. The second kappa shape index (κ2) is 7.51. The molecule has 1 aromatic carbocycles. The van der Waals surface area contributed by atoms with Crippen molar-refractivity contribution in [3.8, 4) is 0 Å². The Kier molecular flexibility index (Phi) is 5.16. The summed E-state index contributed by atoms with van der Waals surface area (Å²) in [6.45, 7) is 3.39. The number of aromatic amines is 1. The van der Waals surface area contributed by atoms with Crippen LogP contribution in [0.4, 0.5) is 0 Å². The van der Waals surface area contributed by atoms with Crippen molar-refractivity contribution < 1.29 is 14.7 Å². The number of rotatable bonds is 5. The molecule has 1 fully saturated rings. The predicted molar refractivity (Wildman–Crippen MR) is 93.7 cm³/mol. The molecule has 6 heteroatoms. The van der Waals surface area contributed by atoms with Crippen molar-refractivity contribution in [1.82, 2.24) is 15.1 Å². The van der Waals surface area contributed by atoms with Gasteiger partial charge in [-0.3, -0.25) is 9.89 Å². The van der Waals surface area contributed by atoms with Gasteiger partial charge < -0.3 is 10.0 Å². The number of aryl methyl sites for hydroxylation is 1. The molecule has 1 aliphatic rings. The number of aromatic carboxylic acids is 1. The summed E-state index contributed by atoms with van der Waals surface area (Å²) in [5.74, 6) is -0.510. The average Bonchev–Trinajstić information content (AvgIpc) is 3.11. The summed E-state index contributed by atoms with van der Waals surface area (Å²) >= 11 is 0. The number of carbonyl (C=O) groups is 2. The molecule has 3 rings (SSSR count). The summed E-state index contributed by atoms with van der Waals surface area (Å²) in [6, 6.07) is 8.99. The highest BCUT2D eigenvalue weighted by Crippen LogP contribution is 2.24. The van der Waals surface area contributed by atoms with Gasteiger partial charge in [0.15, 0.2) is 0 Å². The number of aromatic nitrogens is 2. The fourth-order valence-electron chi connectivity index (χ4n) is 3.37. The molecule has 1 aromatic heterocycles. The van der Waals surface area contributed by atoms with E-state index >= 15 is 0 Å². The maximum atomic E-state index is 12.5. The predicted octanol–water partition coefficient (Wildman–Crippen LogP) is 2.77. The van der Waals surface area contributed by atoms with E-state index in [1.54, 1.807) is 12.1 Å². The zero-order valence-corrected chi connectivity index (χ0v) is 14.4. The molecule has 1 saturated heterocycles. The van der Waals surface area contributed by atoms with Crippen LogP contribution in [0.3, 0.4) is 0 Å². The SMILES string of the molecule is CCc1cc(C(=O)N2CCC(Cc3ccccc3C(=O)O)CC2)n[nH]1. The van der Waals surface area contributed by atoms with E-state index in [9.17, 15) is 14.7 Å². The second-order valence-electron chi connectivity index (χ2n) is 6.53. The summed E-state index contributed by atoms with van der Waals surface area (Å²) in [4.78, 5) is 25.7. The van der Waals surface area contributed by atoms with Gasteiger partial charge in [0.25, 0.3) is 5.91 Å². The first-order valence-corrected chi connectivity index (χ1v) is 8.73. The van der Waals surface area contributed by atoms with Gasteiger partial charge in [0.05, 0.1) is 5.56 Å². The van der Waals surface area contributed by atoms with Gasteiger partial charge in [-0.2, -0.15) is 5.10 Å². The molecule has 6 nitrogen and oxygen atoms in total. The largest absolute Gasteiger partial charge is 0.478 e. The van der Waals surface area contributed by atoms with E-state index < -0.39 is 5.97 Å². The molecular formula is C19H23N3O3. The third-order valence-corrected chi connectivity index (χ3v) is 4.89. The summed E-state index contributed by atoms with van der Waals surface area (Å²) < 4.78 is 0. The van der Waals surface area contributed by atoms with E-state index in [1.807, 2.05) is 30.0 Å². The first-order valence-electron chi connectivity index (χ1n) is 8.73. The Hall–Kier alpha value is -2.63. The molecule has 25 heavy (non-hydrogen) atoms. The number of piperidine rings is 1. The number of likely N-dealkylation sites (tertiary alicyclic amines) is 1. The van der Waals surface area contributed by atoms with Gasteiger partial charge in [-0.1, -0.05) is 25.1 Å². The van der Waals surface area contributed by atoms with Crippen LogP contribution in [0.2, 0.25) is 0 Å². The Morgan fingerprint density at radius 3 is 2.64 bits per heavy atom. The van der Waals surface area contributed by atoms with Crippen LogP contribution in [0.25, 0.3) is 0 Å². The van der Waals surface area contributed by atoms with Crippen molar-refractivity contribution in [2.75, 3.05) is 13.1 Å². The maximum absolute atomic E-state index is 12.5. The number of carbonyl (C=O) groups excluding carboxylic acids is 1. The molecule has 2 N–H and O–H groups in total.